The van der Waals surface area contributed by atoms with Crippen molar-refractivity contribution >= 4 is 46.9 Å². The average molecular weight is 282 g/mol. The number of carbonyl (C=O) groups excluding carboxylic acids is 1. The molecule has 7 heteroatoms. The van der Waals surface area contributed by atoms with Crippen molar-refractivity contribution in [2.24, 2.45) is 5.10 Å². The molecule has 0 aliphatic rings. The number of alkyl halides is 3. The van der Waals surface area contributed by atoms with Gasteiger partial charge in [-0.05, 0) is 12.1 Å². The number of halogens is 3. The van der Waals surface area contributed by atoms with E-state index in [-0.39, 0.29) is 11.3 Å². The number of para-hydroxylation sites is 1. The molecule has 0 spiro atoms. The summed E-state index contributed by atoms with van der Waals surface area (Å²) in [5.74, 6) is -0.743. The smallest absolute Gasteiger partial charge is 0.275 e. The average Bonchev–Trinajstić information content (AvgIpc) is 2.16. The minimum Gasteiger partial charge on any atom is -0.507 e. The maximum atomic E-state index is 11.4. The fraction of sp³-hybridized carbons (Fsp3) is 0.111. The number of rotatable bonds is 2. The fourth-order valence-corrected chi connectivity index (χ4v) is 1.04. The van der Waals surface area contributed by atoms with Crippen LogP contribution in [0.5, 0.6) is 5.75 Å². The second-order valence-corrected chi connectivity index (χ2v) is 5.13. The summed E-state index contributed by atoms with van der Waals surface area (Å²) in [6, 6.07) is 6.02. The number of benzene rings is 1. The highest BCUT2D eigenvalue weighted by atomic mass is 35.6. The van der Waals surface area contributed by atoms with Crippen molar-refractivity contribution in [1.29, 1.82) is 0 Å². The lowest BCUT2D eigenvalue weighted by Gasteiger charge is -2.04. The van der Waals surface area contributed by atoms with Crippen molar-refractivity contribution < 1.29 is 9.90 Å². The number of nitrogens with one attached hydrogen (secondary N) is 1. The van der Waals surface area contributed by atoms with Gasteiger partial charge in [-0.25, -0.2) is 5.43 Å². The quantitative estimate of drug-likeness (QED) is 0.497. The molecule has 0 aliphatic carbocycles. The molecule has 4 nitrogen and oxygen atoms in total. The third-order valence-corrected chi connectivity index (χ3v) is 1.82. The zero-order valence-electron chi connectivity index (χ0n) is 7.82. The molecule has 2 N–H and O–H groups in total. The number of phenolic OH excluding ortho intramolecular Hbond substituents is 1. The Bertz CT molecular complexity index is 415. The normalized spacial score (nSPS) is 11.7. The van der Waals surface area contributed by atoms with E-state index >= 15 is 0 Å². The summed E-state index contributed by atoms with van der Waals surface area (Å²) in [5.41, 5.74) is 2.20. The SMILES string of the molecule is O=C(N/N=C\C(Cl)(Cl)Cl)c1ccccc1O. The minimum absolute atomic E-state index is 0.0870. The molecule has 0 saturated heterocycles. The predicted molar refractivity (Wildman–Crippen MR) is 64.4 cm³/mol. The predicted octanol–water partition coefficient (Wildman–Crippen LogP) is 2.48. The summed E-state index contributed by atoms with van der Waals surface area (Å²) < 4.78 is -1.67. The fourth-order valence-electron chi connectivity index (χ4n) is 0.890. The molecule has 0 heterocycles. The number of hydrogen-bond acceptors (Lipinski definition) is 3. The summed E-state index contributed by atoms with van der Waals surface area (Å²) >= 11 is 16.1. The molecule has 0 unspecified atom stereocenters. The van der Waals surface area contributed by atoms with Crippen LogP contribution < -0.4 is 5.43 Å². The van der Waals surface area contributed by atoms with Gasteiger partial charge in [-0.2, -0.15) is 5.10 Å². The standard InChI is InChI=1S/C9H7Cl3N2O2/c10-9(11,12)5-13-14-8(16)6-3-1-2-4-7(6)15/h1-5,15H,(H,14,16)/b13-5-. The van der Waals surface area contributed by atoms with E-state index in [2.05, 4.69) is 10.5 Å². The zero-order valence-corrected chi connectivity index (χ0v) is 10.1. The first kappa shape index (κ1) is 13.1. The van der Waals surface area contributed by atoms with Crippen LogP contribution in [0.2, 0.25) is 0 Å². The Hall–Kier alpha value is -0.970. The Morgan fingerprint density at radius 3 is 2.56 bits per heavy atom. The molecular weight excluding hydrogens is 274 g/mol. The Morgan fingerprint density at radius 1 is 1.38 bits per heavy atom. The lowest BCUT2D eigenvalue weighted by atomic mass is 10.2. The van der Waals surface area contributed by atoms with Gasteiger partial charge in [-0.3, -0.25) is 4.79 Å². The number of hydrazone groups is 1. The number of phenols is 1. The third-order valence-electron chi connectivity index (χ3n) is 1.53. The molecule has 1 amide bonds. The highest BCUT2D eigenvalue weighted by Crippen LogP contribution is 2.22. The number of amides is 1. The van der Waals surface area contributed by atoms with Crippen LogP contribution in [0.15, 0.2) is 29.4 Å². The van der Waals surface area contributed by atoms with Gasteiger partial charge in [-0.1, -0.05) is 46.9 Å². The summed E-state index contributed by atoms with van der Waals surface area (Å²) in [7, 11) is 0. The van der Waals surface area contributed by atoms with Gasteiger partial charge in [-0.15, -0.1) is 0 Å². The highest BCUT2D eigenvalue weighted by Gasteiger charge is 2.16. The molecular formula is C9H7Cl3N2O2. The van der Waals surface area contributed by atoms with Gasteiger partial charge in [0.15, 0.2) is 0 Å². The number of carbonyl (C=O) groups is 1. The molecule has 0 atom stereocenters. The molecule has 1 rings (SSSR count). The zero-order chi connectivity index (χ0) is 12.2. The van der Waals surface area contributed by atoms with Gasteiger partial charge < -0.3 is 5.11 Å². The van der Waals surface area contributed by atoms with Crippen LogP contribution in [0.1, 0.15) is 10.4 Å². The van der Waals surface area contributed by atoms with Crippen LogP contribution in [0.3, 0.4) is 0 Å². The van der Waals surface area contributed by atoms with Gasteiger partial charge in [0.25, 0.3) is 5.91 Å². The van der Waals surface area contributed by atoms with Gasteiger partial charge in [0.2, 0.25) is 3.79 Å². The Labute approximate surface area is 107 Å². The van der Waals surface area contributed by atoms with Crippen molar-refractivity contribution in [2.75, 3.05) is 0 Å². The first-order valence-corrected chi connectivity index (χ1v) is 5.23. The van der Waals surface area contributed by atoms with Gasteiger partial charge in [0, 0.05) is 0 Å². The van der Waals surface area contributed by atoms with Crippen molar-refractivity contribution in [3.63, 3.8) is 0 Å². The topological polar surface area (TPSA) is 61.7 Å². The lowest BCUT2D eigenvalue weighted by molar-refractivity contribution is 0.0952. The minimum atomic E-state index is -1.67. The van der Waals surface area contributed by atoms with Crippen LogP contribution in [0, 0.1) is 0 Å². The van der Waals surface area contributed by atoms with E-state index in [1.165, 1.54) is 12.1 Å². The van der Waals surface area contributed by atoms with Crippen LogP contribution >= 0.6 is 34.8 Å². The van der Waals surface area contributed by atoms with Gasteiger partial charge in [0.05, 0.1) is 11.8 Å². The molecule has 16 heavy (non-hydrogen) atoms. The largest absolute Gasteiger partial charge is 0.507 e. The summed E-state index contributed by atoms with van der Waals surface area (Å²) in [6.45, 7) is 0. The van der Waals surface area contributed by atoms with E-state index < -0.39 is 9.70 Å². The highest BCUT2D eigenvalue weighted by molar-refractivity contribution is 6.74. The van der Waals surface area contributed by atoms with E-state index in [4.69, 9.17) is 34.8 Å². The van der Waals surface area contributed by atoms with Crippen molar-refractivity contribution in [3.8, 4) is 5.75 Å². The molecule has 0 aliphatic heterocycles. The molecule has 0 bridgehead atoms. The molecule has 0 aromatic heterocycles. The monoisotopic (exact) mass is 280 g/mol. The van der Waals surface area contributed by atoms with E-state index in [0.29, 0.717) is 0 Å². The number of nitrogens with zero attached hydrogens (tertiary/aromatic N) is 1. The summed E-state index contributed by atoms with van der Waals surface area (Å²) in [6.07, 6.45) is 0.940. The first-order chi connectivity index (χ1) is 7.40. The summed E-state index contributed by atoms with van der Waals surface area (Å²) in [5, 5.41) is 12.8. The van der Waals surface area contributed by atoms with E-state index in [1.807, 2.05) is 0 Å². The Morgan fingerprint density at radius 2 is 2.00 bits per heavy atom. The first-order valence-electron chi connectivity index (χ1n) is 4.09. The third kappa shape index (κ3) is 4.26. The number of aromatic hydroxyl groups is 1. The maximum absolute atomic E-state index is 11.4. The molecule has 0 saturated carbocycles. The molecule has 1 aromatic rings. The molecule has 86 valence electrons. The van der Waals surface area contributed by atoms with E-state index in [9.17, 15) is 9.90 Å². The summed E-state index contributed by atoms with van der Waals surface area (Å²) in [4.78, 5) is 11.4. The van der Waals surface area contributed by atoms with Gasteiger partial charge in [0.1, 0.15) is 5.75 Å². The van der Waals surface area contributed by atoms with Crippen molar-refractivity contribution in [2.45, 2.75) is 3.79 Å². The maximum Gasteiger partial charge on any atom is 0.275 e. The molecule has 1 aromatic carbocycles. The van der Waals surface area contributed by atoms with Crippen LogP contribution in [0.4, 0.5) is 0 Å². The van der Waals surface area contributed by atoms with E-state index in [1.54, 1.807) is 12.1 Å². The van der Waals surface area contributed by atoms with Crippen LogP contribution in [0.25, 0.3) is 0 Å². The van der Waals surface area contributed by atoms with E-state index in [0.717, 1.165) is 6.21 Å². The number of hydrogen-bond donors (Lipinski definition) is 2. The Kier molecular flexibility index (Phi) is 4.41. The Balaban J connectivity index is 2.68. The van der Waals surface area contributed by atoms with Gasteiger partial charge >= 0.3 is 0 Å². The van der Waals surface area contributed by atoms with Crippen LogP contribution in [-0.4, -0.2) is 21.0 Å². The van der Waals surface area contributed by atoms with Crippen molar-refractivity contribution in [3.05, 3.63) is 29.8 Å². The van der Waals surface area contributed by atoms with Crippen LogP contribution in [-0.2, 0) is 0 Å². The molecule has 0 fully saturated rings. The lowest BCUT2D eigenvalue weighted by Crippen LogP contribution is -2.19. The second-order valence-electron chi connectivity index (χ2n) is 2.76. The molecule has 0 radical (unpaired) electrons. The van der Waals surface area contributed by atoms with Crippen molar-refractivity contribution in [1.82, 2.24) is 5.43 Å². The second kappa shape index (κ2) is 5.39.